The summed E-state index contributed by atoms with van der Waals surface area (Å²) < 4.78 is 1.75. The smallest absolute Gasteiger partial charge is 0.321 e. The highest BCUT2D eigenvalue weighted by molar-refractivity contribution is 5.89. The molecular formula is C19H26N4O. The Morgan fingerprint density at radius 3 is 2.71 bits per heavy atom. The molecule has 1 aromatic heterocycles. The van der Waals surface area contributed by atoms with Gasteiger partial charge in [0.1, 0.15) is 0 Å². The molecule has 2 rings (SSSR count). The fourth-order valence-electron chi connectivity index (χ4n) is 2.32. The van der Waals surface area contributed by atoms with Crippen LogP contribution in [0.1, 0.15) is 31.0 Å². The molecule has 1 N–H and O–H groups in total. The largest absolute Gasteiger partial charge is 0.322 e. The molecule has 5 nitrogen and oxygen atoms in total. The van der Waals surface area contributed by atoms with Crippen LogP contribution in [-0.2, 0) is 7.05 Å². The van der Waals surface area contributed by atoms with E-state index in [0.29, 0.717) is 6.54 Å². The van der Waals surface area contributed by atoms with E-state index in [2.05, 4.69) is 17.3 Å². The molecule has 1 aromatic carbocycles. The molecule has 128 valence electrons. The highest BCUT2D eigenvalue weighted by Crippen LogP contribution is 2.13. The zero-order chi connectivity index (χ0) is 17.4. The Morgan fingerprint density at radius 1 is 1.33 bits per heavy atom. The van der Waals surface area contributed by atoms with Crippen LogP contribution in [0.2, 0.25) is 0 Å². The van der Waals surface area contributed by atoms with Crippen LogP contribution in [0.25, 0.3) is 6.08 Å². The second-order valence-corrected chi connectivity index (χ2v) is 5.81. The Kier molecular flexibility index (Phi) is 6.61. The van der Waals surface area contributed by atoms with Crippen molar-refractivity contribution in [2.75, 3.05) is 18.4 Å². The molecule has 0 fully saturated rings. The van der Waals surface area contributed by atoms with Crippen LogP contribution in [-0.4, -0.2) is 33.8 Å². The molecular weight excluding hydrogens is 300 g/mol. The third-order valence-corrected chi connectivity index (χ3v) is 3.98. The maximum atomic E-state index is 12.6. The van der Waals surface area contributed by atoms with Gasteiger partial charge in [-0.2, -0.15) is 5.10 Å². The SMILES string of the molecule is CCCCN(C/C=C/c1ccccc1)C(=O)Nc1cnn(C)c1C. The summed E-state index contributed by atoms with van der Waals surface area (Å²) in [7, 11) is 1.86. The molecule has 0 bridgehead atoms. The minimum Gasteiger partial charge on any atom is -0.321 e. The third-order valence-electron chi connectivity index (χ3n) is 3.98. The number of nitrogens with one attached hydrogen (secondary N) is 1. The molecule has 1 heterocycles. The lowest BCUT2D eigenvalue weighted by molar-refractivity contribution is 0.216. The first-order chi connectivity index (χ1) is 11.6. The van der Waals surface area contributed by atoms with Crippen molar-refractivity contribution in [3.8, 4) is 0 Å². The normalized spacial score (nSPS) is 11.0. The molecule has 0 atom stereocenters. The monoisotopic (exact) mass is 326 g/mol. The lowest BCUT2D eigenvalue weighted by Gasteiger charge is -2.21. The molecule has 0 aliphatic rings. The van der Waals surface area contributed by atoms with Crippen LogP contribution in [0.5, 0.6) is 0 Å². The van der Waals surface area contributed by atoms with Gasteiger partial charge in [-0.3, -0.25) is 4.68 Å². The van der Waals surface area contributed by atoms with Gasteiger partial charge in [-0.05, 0) is 18.9 Å². The second kappa shape index (κ2) is 8.91. The standard InChI is InChI=1S/C19H26N4O/c1-4-5-13-23(14-9-12-17-10-7-6-8-11-17)19(24)21-18-15-20-22(3)16(18)2/h6-12,15H,4-5,13-14H2,1-3H3,(H,21,24)/b12-9+. The number of benzene rings is 1. The van der Waals surface area contributed by atoms with E-state index < -0.39 is 0 Å². The lowest BCUT2D eigenvalue weighted by Crippen LogP contribution is -2.36. The number of nitrogens with zero attached hydrogens (tertiary/aromatic N) is 3. The van der Waals surface area contributed by atoms with Crippen molar-refractivity contribution >= 4 is 17.8 Å². The first-order valence-electron chi connectivity index (χ1n) is 8.38. The minimum atomic E-state index is -0.0859. The third kappa shape index (κ3) is 4.98. The Morgan fingerprint density at radius 2 is 2.08 bits per heavy atom. The molecule has 0 aliphatic heterocycles. The van der Waals surface area contributed by atoms with Crippen LogP contribution in [0, 0.1) is 6.92 Å². The second-order valence-electron chi connectivity index (χ2n) is 5.81. The van der Waals surface area contributed by atoms with Crippen molar-refractivity contribution in [1.29, 1.82) is 0 Å². The summed E-state index contributed by atoms with van der Waals surface area (Å²) in [6.45, 7) is 5.39. The van der Waals surface area contributed by atoms with Crippen LogP contribution in [0.15, 0.2) is 42.6 Å². The zero-order valence-electron chi connectivity index (χ0n) is 14.7. The summed E-state index contributed by atoms with van der Waals surface area (Å²) >= 11 is 0. The summed E-state index contributed by atoms with van der Waals surface area (Å²) in [5.74, 6) is 0. The van der Waals surface area contributed by atoms with Crippen LogP contribution < -0.4 is 5.32 Å². The summed E-state index contributed by atoms with van der Waals surface area (Å²) in [5, 5.41) is 7.12. The molecule has 0 spiro atoms. The minimum absolute atomic E-state index is 0.0859. The fourth-order valence-corrected chi connectivity index (χ4v) is 2.32. The Hall–Kier alpha value is -2.56. The van der Waals surface area contributed by atoms with Gasteiger partial charge in [-0.15, -0.1) is 0 Å². The first kappa shape index (κ1) is 17.8. The van der Waals surface area contributed by atoms with Crippen LogP contribution in [0.4, 0.5) is 10.5 Å². The van der Waals surface area contributed by atoms with E-state index >= 15 is 0 Å². The maximum absolute atomic E-state index is 12.6. The van der Waals surface area contributed by atoms with E-state index in [1.165, 1.54) is 0 Å². The van der Waals surface area contributed by atoms with Gasteiger partial charge in [0.25, 0.3) is 0 Å². The predicted molar refractivity (Wildman–Crippen MR) is 98.9 cm³/mol. The van der Waals surface area contributed by atoms with E-state index in [0.717, 1.165) is 36.3 Å². The highest BCUT2D eigenvalue weighted by atomic mass is 16.2. The van der Waals surface area contributed by atoms with E-state index in [1.807, 2.05) is 61.4 Å². The first-order valence-corrected chi connectivity index (χ1v) is 8.38. The Labute approximate surface area is 144 Å². The summed E-state index contributed by atoms with van der Waals surface area (Å²) in [4.78, 5) is 14.4. The number of aromatic nitrogens is 2. The van der Waals surface area contributed by atoms with Crippen molar-refractivity contribution in [1.82, 2.24) is 14.7 Å². The zero-order valence-corrected chi connectivity index (χ0v) is 14.7. The Bertz CT molecular complexity index is 676. The Balaban J connectivity index is 1.99. The summed E-state index contributed by atoms with van der Waals surface area (Å²) in [6.07, 6.45) is 7.80. The highest BCUT2D eigenvalue weighted by Gasteiger charge is 2.14. The van der Waals surface area contributed by atoms with Crippen molar-refractivity contribution in [2.24, 2.45) is 7.05 Å². The lowest BCUT2D eigenvalue weighted by atomic mass is 10.2. The maximum Gasteiger partial charge on any atom is 0.322 e. The average molecular weight is 326 g/mol. The number of anilines is 1. The molecule has 5 heteroatoms. The van der Waals surface area contributed by atoms with Crippen molar-refractivity contribution in [2.45, 2.75) is 26.7 Å². The van der Waals surface area contributed by atoms with Crippen molar-refractivity contribution in [3.63, 3.8) is 0 Å². The van der Waals surface area contributed by atoms with Gasteiger partial charge in [0.2, 0.25) is 0 Å². The fraction of sp³-hybridized carbons (Fsp3) is 0.368. The van der Waals surface area contributed by atoms with Crippen molar-refractivity contribution in [3.05, 3.63) is 53.9 Å². The number of aryl methyl sites for hydroxylation is 1. The molecule has 0 unspecified atom stereocenters. The van der Waals surface area contributed by atoms with Crippen LogP contribution in [0.3, 0.4) is 0 Å². The van der Waals surface area contributed by atoms with Gasteiger partial charge in [-0.1, -0.05) is 55.8 Å². The van der Waals surface area contributed by atoms with Gasteiger partial charge in [-0.25, -0.2) is 4.79 Å². The number of rotatable bonds is 7. The van der Waals surface area contributed by atoms with Gasteiger partial charge in [0.05, 0.1) is 17.6 Å². The number of amides is 2. The molecule has 0 saturated carbocycles. The predicted octanol–water partition coefficient (Wildman–Crippen LogP) is 4.08. The number of carbonyl (C=O) groups is 1. The van der Waals surface area contributed by atoms with E-state index in [-0.39, 0.29) is 6.03 Å². The number of urea groups is 1. The number of hydrogen-bond donors (Lipinski definition) is 1. The van der Waals surface area contributed by atoms with E-state index in [9.17, 15) is 4.79 Å². The molecule has 0 saturated heterocycles. The van der Waals surface area contributed by atoms with Gasteiger partial charge >= 0.3 is 6.03 Å². The topological polar surface area (TPSA) is 50.2 Å². The molecule has 0 aliphatic carbocycles. The summed E-state index contributed by atoms with van der Waals surface area (Å²) in [6, 6.07) is 10.0. The quantitative estimate of drug-likeness (QED) is 0.833. The average Bonchev–Trinajstić information content (AvgIpc) is 2.91. The molecule has 2 amide bonds. The van der Waals surface area contributed by atoms with Crippen LogP contribution >= 0.6 is 0 Å². The molecule has 2 aromatic rings. The van der Waals surface area contributed by atoms with Gasteiger partial charge in [0, 0.05) is 20.1 Å². The van der Waals surface area contributed by atoms with E-state index in [4.69, 9.17) is 0 Å². The molecule has 24 heavy (non-hydrogen) atoms. The van der Waals surface area contributed by atoms with Gasteiger partial charge in [0.15, 0.2) is 0 Å². The number of unbranched alkanes of at least 4 members (excludes halogenated alkanes) is 1. The van der Waals surface area contributed by atoms with E-state index in [1.54, 1.807) is 10.9 Å². The number of hydrogen-bond acceptors (Lipinski definition) is 2. The van der Waals surface area contributed by atoms with Crippen molar-refractivity contribution < 1.29 is 4.79 Å². The number of carbonyl (C=O) groups excluding carboxylic acids is 1. The molecule has 0 radical (unpaired) electrons. The summed E-state index contributed by atoms with van der Waals surface area (Å²) in [5.41, 5.74) is 2.84. The van der Waals surface area contributed by atoms with Gasteiger partial charge < -0.3 is 10.2 Å².